The van der Waals surface area contributed by atoms with E-state index in [1.807, 2.05) is 6.92 Å². The molecule has 3 rings (SSSR count). The molecule has 0 spiro atoms. The third-order valence-corrected chi connectivity index (χ3v) is 9.06. The Hall–Kier alpha value is -1.65. The van der Waals surface area contributed by atoms with E-state index in [2.05, 4.69) is 15.6 Å². The van der Waals surface area contributed by atoms with Crippen molar-refractivity contribution in [2.24, 2.45) is 10.9 Å². The molecule has 0 radical (unpaired) electrons. The van der Waals surface area contributed by atoms with Crippen LogP contribution in [-0.2, 0) is 19.9 Å². The van der Waals surface area contributed by atoms with Crippen LogP contribution in [0.15, 0.2) is 40.2 Å². The highest BCUT2D eigenvalue weighted by atomic mass is 32.2. The second-order valence-electron chi connectivity index (χ2n) is 7.62. The Morgan fingerprint density at radius 2 is 1.86 bits per heavy atom. The lowest BCUT2D eigenvalue weighted by Crippen LogP contribution is -2.44. The Labute approximate surface area is 173 Å². The van der Waals surface area contributed by atoms with Crippen LogP contribution in [0.4, 0.5) is 0 Å². The second-order valence-corrected chi connectivity index (χ2v) is 11.8. The molecule has 0 aromatic heterocycles. The van der Waals surface area contributed by atoms with Crippen LogP contribution in [0.25, 0.3) is 0 Å². The predicted molar refractivity (Wildman–Crippen MR) is 114 cm³/mol. The molecule has 29 heavy (non-hydrogen) atoms. The van der Waals surface area contributed by atoms with Crippen LogP contribution < -0.4 is 10.6 Å². The van der Waals surface area contributed by atoms with Crippen molar-refractivity contribution in [2.45, 2.75) is 37.1 Å². The van der Waals surface area contributed by atoms with Crippen molar-refractivity contribution in [1.82, 2.24) is 14.9 Å². The first-order valence-corrected chi connectivity index (χ1v) is 13.4. The molecule has 0 saturated carbocycles. The minimum Gasteiger partial charge on any atom is -0.357 e. The van der Waals surface area contributed by atoms with Crippen LogP contribution in [0, 0.1) is 5.92 Å². The lowest BCUT2D eigenvalue weighted by Gasteiger charge is -2.30. The van der Waals surface area contributed by atoms with Crippen LogP contribution >= 0.6 is 0 Å². The lowest BCUT2D eigenvalue weighted by atomic mass is 9.98. The van der Waals surface area contributed by atoms with E-state index < -0.39 is 19.9 Å². The fraction of sp³-hybridized carbons (Fsp3) is 0.632. The topological polar surface area (TPSA) is 108 Å². The van der Waals surface area contributed by atoms with Gasteiger partial charge < -0.3 is 10.6 Å². The Bertz CT molecular complexity index is 909. The quantitative estimate of drug-likeness (QED) is 0.499. The summed E-state index contributed by atoms with van der Waals surface area (Å²) in [6.45, 7) is 4.23. The van der Waals surface area contributed by atoms with Crippen molar-refractivity contribution >= 4 is 25.8 Å². The van der Waals surface area contributed by atoms with E-state index in [-0.39, 0.29) is 17.5 Å². The number of sulfonamides is 1. The third kappa shape index (κ3) is 5.93. The van der Waals surface area contributed by atoms with Crippen LogP contribution in [0.2, 0.25) is 0 Å². The SMILES string of the molecule is CCNC(=NCC1CCN(S(=O)(=O)c2ccccc2)CC1)NC1CCS(=O)(=O)C1. The molecule has 2 heterocycles. The number of nitrogens with one attached hydrogen (secondary N) is 2. The molecule has 2 aliphatic rings. The number of sulfone groups is 1. The maximum Gasteiger partial charge on any atom is 0.243 e. The van der Waals surface area contributed by atoms with Crippen molar-refractivity contribution in [3.05, 3.63) is 30.3 Å². The van der Waals surface area contributed by atoms with Crippen molar-refractivity contribution in [2.75, 3.05) is 37.7 Å². The number of hydrogen-bond acceptors (Lipinski definition) is 5. The van der Waals surface area contributed by atoms with Crippen LogP contribution in [-0.4, -0.2) is 70.8 Å². The molecule has 2 fully saturated rings. The molecule has 1 atom stereocenters. The minimum absolute atomic E-state index is 0.101. The number of hydrogen-bond donors (Lipinski definition) is 2. The summed E-state index contributed by atoms with van der Waals surface area (Å²) in [5, 5.41) is 6.39. The van der Waals surface area contributed by atoms with Gasteiger partial charge in [0, 0.05) is 32.2 Å². The smallest absolute Gasteiger partial charge is 0.243 e. The zero-order valence-corrected chi connectivity index (χ0v) is 18.4. The summed E-state index contributed by atoms with van der Waals surface area (Å²) in [5.41, 5.74) is 0. The highest BCUT2D eigenvalue weighted by Crippen LogP contribution is 2.24. The molecule has 8 nitrogen and oxygen atoms in total. The highest BCUT2D eigenvalue weighted by molar-refractivity contribution is 7.91. The van der Waals surface area contributed by atoms with Gasteiger partial charge in [0.25, 0.3) is 0 Å². The molecular formula is C19H30N4O4S2. The molecule has 0 bridgehead atoms. The van der Waals surface area contributed by atoms with Gasteiger partial charge in [-0.15, -0.1) is 0 Å². The van der Waals surface area contributed by atoms with E-state index in [1.165, 1.54) is 0 Å². The molecule has 0 amide bonds. The number of rotatable bonds is 6. The molecule has 1 aromatic rings. The molecule has 162 valence electrons. The Kier molecular flexibility index (Phi) is 7.18. The van der Waals surface area contributed by atoms with E-state index in [0.717, 1.165) is 12.8 Å². The van der Waals surface area contributed by atoms with Crippen LogP contribution in [0.5, 0.6) is 0 Å². The second kappa shape index (κ2) is 9.44. The average molecular weight is 443 g/mol. The van der Waals surface area contributed by atoms with Gasteiger partial charge in [0.2, 0.25) is 10.0 Å². The molecule has 2 N–H and O–H groups in total. The largest absolute Gasteiger partial charge is 0.357 e. The van der Waals surface area contributed by atoms with Crippen molar-refractivity contribution in [3.8, 4) is 0 Å². The summed E-state index contributed by atoms with van der Waals surface area (Å²) in [7, 11) is -6.38. The number of nitrogens with zero attached hydrogens (tertiary/aromatic N) is 2. The Balaban J connectivity index is 1.53. The molecule has 1 aromatic carbocycles. The Morgan fingerprint density at radius 3 is 2.45 bits per heavy atom. The van der Waals surface area contributed by atoms with Gasteiger partial charge in [0.05, 0.1) is 16.4 Å². The zero-order chi connectivity index (χ0) is 20.9. The predicted octanol–water partition coefficient (Wildman–Crippen LogP) is 0.830. The first-order valence-electron chi connectivity index (χ1n) is 10.1. The van der Waals surface area contributed by atoms with E-state index in [0.29, 0.717) is 49.4 Å². The summed E-state index contributed by atoms with van der Waals surface area (Å²) in [6, 6.07) is 8.43. The Morgan fingerprint density at radius 1 is 1.17 bits per heavy atom. The molecule has 2 aliphatic heterocycles. The van der Waals surface area contributed by atoms with Gasteiger partial charge in [-0.05, 0) is 44.2 Å². The van der Waals surface area contributed by atoms with Crippen molar-refractivity contribution in [3.63, 3.8) is 0 Å². The van der Waals surface area contributed by atoms with Crippen molar-refractivity contribution in [1.29, 1.82) is 0 Å². The van der Waals surface area contributed by atoms with Gasteiger partial charge in [0.15, 0.2) is 15.8 Å². The van der Waals surface area contributed by atoms with Crippen molar-refractivity contribution < 1.29 is 16.8 Å². The fourth-order valence-electron chi connectivity index (χ4n) is 3.72. The van der Waals surface area contributed by atoms with Gasteiger partial charge in [-0.25, -0.2) is 16.8 Å². The molecule has 2 saturated heterocycles. The number of piperidine rings is 1. The molecule has 0 aliphatic carbocycles. The molecular weight excluding hydrogens is 412 g/mol. The summed E-state index contributed by atoms with van der Waals surface area (Å²) < 4.78 is 50.3. The molecule has 10 heteroatoms. The van der Waals surface area contributed by atoms with Gasteiger partial charge >= 0.3 is 0 Å². The highest BCUT2D eigenvalue weighted by Gasteiger charge is 2.30. The van der Waals surface area contributed by atoms with Gasteiger partial charge in [-0.2, -0.15) is 4.31 Å². The van der Waals surface area contributed by atoms with E-state index >= 15 is 0 Å². The van der Waals surface area contributed by atoms with Gasteiger partial charge in [-0.1, -0.05) is 18.2 Å². The zero-order valence-electron chi connectivity index (χ0n) is 16.7. The van der Waals surface area contributed by atoms with E-state index in [9.17, 15) is 16.8 Å². The summed E-state index contributed by atoms with van der Waals surface area (Å²) >= 11 is 0. The van der Waals surface area contributed by atoms with Gasteiger partial charge in [-0.3, -0.25) is 4.99 Å². The standard InChI is InChI=1S/C19H30N4O4S2/c1-2-20-19(22-17-10-13-28(24,25)15-17)21-14-16-8-11-23(12-9-16)29(26,27)18-6-4-3-5-7-18/h3-7,16-17H,2,8-15H2,1H3,(H2,20,21,22). The average Bonchev–Trinajstić information content (AvgIpc) is 3.05. The monoisotopic (exact) mass is 442 g/mol. The summed E-state index contributed by atoms with van der Waals surface area (Å²) in [4.78, 5) is 4.96. The van der Waals surface area contributed by atoms with Gasteiger partial charge in [0.1, 0.15) is 0 Å². The first-order chi connectivity index (χ1) is 13.8. The maximum atomic E-state index is 12.7. The fourth-order valence-corrected chi connectivity index (χ4v) is 6.88. The van der Waals surface area contributed by atoms with E-state index in [4.69, 9.17) is 0 Å². The maximum absolute atomic E-state index is 12.7. The van der Waals surface area contributed by atoms with Crippen LogP contribution in [0.3, 0.4) is 0 Å². The third-order valence-electron chi connectivity index (χ3n) is 5.38. The first kappa shape index (κ1) is 22.0. The minimum atomic E-state index is -3.44. The lowest BCUT2D eigenvalue weighted by molar-refractivity contribution is 0.278. The summed E-state index contributed by atoms with van der Waals surface area (Å²) in [5.74, 6) is 1.31. The number of guanidine groups is 1. The summed E-state index contributed by atoms with van der Waals surface area (Å²) in [6.07, 6.45) is 2.11. The number of benzene rings is 1. The van der Waals surface area contributed by atoms with E-state index in [1.54, 1.807) is 34.6 Å². The molecule has 1 unspecified atom stereocenters. The normalized spacial score (nSPS) is 23.8. The number of aliphatic imine (C=N–C) groups is 1. The van der Waals surface area contributed by atoms with Crippen LogP contribution in [0.1, 0.15) is 26.2 Å².